The number of carbonyl (C=O) groups is 1. The van der Waals surface area contributed by atoms with E-state index in [0.29, 0.717) is 10.9 Å². The molecule has 2 aliphatic heterocycles. The summed E-state index contributed by atoms with van der Waals surface area (Å²) in [5.74, 6) is -0.415. The molecule has 210 valence electrons. The van der Waals surface area contributed by atoms with Gasteiger partial charge in [0, 0.05) is 24.4 Å². The van der Waals surface area contributed by atoms with Crippen LogP contribution in [0.25, 0.3) is 11.0 Å². The summed E-state index contributed by atoms with van der Waals surface area (Å²) in [7, 11) is 0. The predicted octanol–water partition coefficient (Wildman–Crippen LogP) is -1.77. The van der Waals surface area contributed by atoms with E-state index in [9.17, 15) is 39.5 Å². The quantitative estimate of drug-likeness (QED) is 0.215. The standard InChI is InChI=1S/C24H30FNO12/c1-9-5-16(30)35-13-6-11(3-4-12(9)13)34-23-18(26-10(2)29)20(32)22(15(8-28)37-23)38-24-21(33)19(31)17(25)14(7-27)36-24/h3-6,14-15,17-24,27-28,31-33H,7-8H2,1-2H3,(H,26,29)/t14?,15-,17+,18?,19+,20?,21?,22-,23+,24+/m1/s1. The van der Waals surface area contributed by atoms with E-state index in [4.69, 9.17) is 23.4 Å². The van der Waals surface area contributed by atoms with Crippen molar-refractivity contribution in [2.45, 2.75) is 75.3 Å². The Balaban J connectivity index is 1.58. The lowest BCUT2D eigenvalue weighted by atomic mass is 9.95. The Hall–Kier alpha value is -2.69. The van der Waals surface area contributed by atoms with Crippen molar-refractivity contribution in [3.8, 4) is 5.75 Å². The number of hydrogen-bond acceptors (Lipinski definition) is 12. The van der Waals surface area contributed by atoms with Crippen LogP contribution in [0.5, 0.6) is 5.75 Å². The summed E-state index contributed by atoms with van der Waals surface area (Å²) in [6, 6.07) is 4.69. The molecule has 10 atom stereocenters. The van der Waals surface area contributed by atoms with Gasteiger partial charge in [0.2, 0.25) is 12.2 Å². The number of rotatable bonds is 7. The van der Waals surface area contributed by atoms with Gasteiger partial charge in [-0.25, -0.2) is 9.18 Å². The summed E-state index contributed by atoms with van der Waals surface area (Å²) in [5, 5.41) is 53.8. The third-order valence-corrected chi connectivity index (χ3v) is 6.49. The van der Waals surface area contributed by atoms with Gasteiger partial charge in [-0.1, -0.05) is 0 Å². The van der Waals surface area contributed by atoms with Crippen LogP contribution in [-0.2, 0) is 19.0 Å². The van der Waals surface area contributed by atoms with Gasteiger partial charge in [-0.05, 0) is 24.6 Å². The van der Waals surface area contributed by atoms with Crippen LogP contribution in [0.3, 0.4) is 0 Å². The average molecular weight is 543 g/mol. The SMILES string of the molecule is CC(=O)NC1C(O)[C@H](O[C@@H]2OC(CO)[C@H](F)[C@H](O)C2O)[C@@H](CO)O[C@@H]1Oc1ccc2c(C)cc(=O)oc2c1. The van der Waals surface area contributed by atoms with Crippen molar-refractivity contribution < 1.29 is 58.1 Å². The minimum atomic E-state index is -2.10. The molecule has 2 aliphatic rings. The maximum Gasteiger partial charge on any atom is 0.336 e. The molecule has 4 rings (SSSR count). The number of aryl methyl sites for hydroxylation is 1. The van der Waals surface area contributed by atoms with Gasteiger partial charge < -0.3 is 54.2 Å². The topological polar surface area (TPSA) is 197 Å². The van der Waals surface area contributed by atoms with Gasteiger partial charge >= 0.3 is 5.63 Å². The number of amides is 1. The lowest BCUT2D eigenvalue weighted by molar-refractivity contribution is -0.338. The minimum absolute atomic E-state index is 0.156. The molecule has 3 heterocycles. The Morgan fingerprint density at radius 3 is 2.37 bits per heavy atom. The van der Waals surface area contributed by atoms with E-state index in [0.717, 1.165) is 0 Å². The normalized spacial score (nSPS) is 35.7. The van der Waals surface area contributed by atoms with Crippen molar-refractivity contribution in [1.82, 2.24) is 5.32 Å². The van der Waals surface area contributed by atoms with Crippen LogP contribution >= 0.6 is 0 Å². The van der Waals surface area contributed by atoms with Crippen LogP contribution in [0, 0.1) is 6.92 Å². The van der Waals surface area contributed by atoms with E-state index < -0.39 is 86.2 Å². The van der Waals surface area contributed by atoms with E-state index in [1.165, 1.54) is 19.1 Å². The van der Waals surface area contributed by atoms with E-state index in [1.54, 1.807) is 19.1 Å². The molecule has 13 nitrogen and oxygen atoms in total. The van der Waals surface area contributed by atoms with Crippen molar-refractivity contribution in [2.24, 2.45) is 0 Å². The highest BCUT2D eigenvalue weighted by Crippen LogP contribution is 2.32. The molecule has 6 N–H and O–H groups in total. The maximum atomic E-state index is 14.1. The molecule has 0 bridgehead atoms. The first-order valence-electron chi connectivity index (χ1n) is 11.9. The summed E-state index contributed by atoms with van der Waals surface area (Å²) in [4.78, 5) is 23.7. The van der Waals surface area contributed by atoms with Crippen LogP contribution in [0.1, 0.15) is 12.5 Å². The average Bonchev–Trinajstić information content (AvgIpc) is 2.87. The second-order valence-corrected chi connectivity index (χ2v) is 9.22. The number of halogens is 1. The molecule has 1 amide bonds. The van der Waals surface area contributed by atoms with Crippen LogP contribution in [0.2, 0.25) is 0 Å². The molecule has 1 aromatic heterocycles. The Morgan fingerprint density at radius 1 is 1.03 bits per heavy atom. The molecule has 1 aromatic carbocycles. The van der Waals surface area contributed by atoms with Gasteiger partial charge in [0.05, 0.1) is 13.2 Å². The molecular weight excluding hydrogens is 513 g/mol. The molecule has 4 unspecified atom stereocenters. The molecule has 2 aromatic rings. The van der Waals surface area contributed by atoms with Gasteiger partial charge in [0.25, 0.3) is 0 Å². The van der Waals surface area contributed by atoms with Crippen LogP contribution in [0.4, 0.5) is 4.39 Å². The molecule has 2 saturated heterocycles. The third-order valence-electron chi connectivity index (χ3n) is 6.49. The fourth-order valence-corrected chi connectivity index (χ4v) is 4.54. The van der Waals surface area contributed by atoms with Gasteiger partial charge in [0.15, 0.2) is 12.5 Å². The van der Waals surface area contributed by atoms with Crippen molar-refractivity contribution in [3.05, 3.63) is 40.2 Å². The molecular formula is C24H30FNO12. The first-order chi connectivity index (χ1) is 18.0. The minimum Gasteiger partial charge on any atom is -0.462 e. The molecule has 38 heavy (non-hydrogen) atoms. The maximum absolute atomic E-state index is 14.1. The molecule has 0 aliphatic carbocycles. The summed E-state index contributed by atoms with van der Waals surface area (Å²) in [6.45, 7) is 1.37. The van der Waals surface area contributed by atoms with Gasteiger partial charge in [-0.2, -0.15) is 0 Å². The highest BCUT2D eigenvalue weighted by molar-refractivity contribution is 5.81. The van der Waals surface area contributed by atoms with Crippen molar-refractivity contribution in [3.63, 3.8) is 0 Å². The summed E-state index contributed by atoms with van der Waals surface area (Å²) < 4.78 is 41.8. The zero-order chi connectivity index (χ0) is 27.7. The highest BCUT2D eigenvalue weighted by atomic mass is 19.1. The Labute approximate surface area is 215 Å². The number of alkyl halides is 1. The summed E-state index contributed by atoms with van der Waals surface area (Å²) >= 11 is 0. The summed E-state index contributed by atoms with van der Waals surface area (Å²) in [6.07, 6.45) is -15.0. The van der Waals surface area contributed by atoms with Gasteiger partial charge in [0.1, 0.15) is 54.0 Å². The molecule has 0 spiro atoms. The lowest BCUT2D eigenvalue weighted by Gasteiger charge is -2.46. The first-order valence-corrected chi connectivity index (χ1v) is 11.9. The van der Waals surface area contributed by atoms with E-state index in [2.05, 4.69) is 5.32 Å². The molecule has 0 saturated carbocycles. The number of carbonyl (C=O) groups excluding carboxylic acids is 1. The smallest absolute Gasteiger partial charge is 0.336 e. The fraction of sp³-hybridized carbons (Fsp3) is 0.583. The van der Waals surface area contributed by atoms with Gasteiger partial charge in [-0.3, -0.25) is 4.79 Å². The van der Waals surface area contributed by atoms with Crippen LogP contribution in [-0.4, -0.2) is 106 Å². The Kier molecular flexibility index (Phi) is 8.64. The molecule has 0 radical (unpaired) electrons. The largest absolute Gasteiger partial charge is 0.462 e. The highest BCUT2D eigenvalue weighted by Gasteiger charge is 2.52. The number of ether oxygens (including phenoxy) is 4. The molecule has 14 heteroatoms. The number of aliphatic hydroxyl groups excluding tert-OH is 5. The van der Waals surface area contributed by atoms with Crippen molar-refractivity contribution >= 4 is 16.9 Å². The fourth-order valence-electron chi connectivity index (χ4n) is 4.54. The molecule has 2 fully saturated rings. The summed E-state index contributed by atoms with van der Waals surface area (Å²) in [5.41, 5.74) is 0.350. The van der Waals surface area contributed by atoms with E-state index in [-0.39, 0.29) is 11.3 Å². The third kappa shape index (κ3) is 5.67. The lowest BCUT2D eigenvalue weighted by Crippen LogP contribution is -2.68. The van der Waals surface area contributed by atoms with Crippen molar-refractivity contribution in [1.29, 1.82) is 0 Å². The number of aliphatic hydroxyl groups is 5. The van der Waals surface area contributed by atoms with E-state index >= 15 is 0 Å². The first kappa shape index (κ1) is 28.3. The zero-order valence-electron chi connectivity index (χ0n) is 20.5. The Bertz CT molecular complexity index is 1190. The second kappa shape index (κ2) is 11.6. The number of nitrogens with one attached hydrogen (secondary N) is 1. The zero-order valence-corrected chi connectivity index (χ0v) is 20.5. The second-order valence-electron chi connectivity index (χ2n) is 9.22. The Morgan fingerprint density at radius 2 is 1.71 bits per heavy atom. The van der Waals surface area contributed by atoms with Crippen LogP contribution < -0.4 is 15.7 Å². The number of fused-ring (bicyclic) bond motifs is 1. The number of benzene rings is 1. The van der Waals surface area contributed by atoms with Crippen molar-refractivity contribution in [2.75, 3.05) is 13.2 Å². The predicted molar refractivity (Wildman–Crippen MR) is 125 cm³/mol. The van der Waals surface area contributed by atoms with Crippen LogP contribution in [0.15, 0.2) is 33.5 Å². The van der Waals surface area contributed by atoms with Gasteiger partial charge in [-0.15, -0.1) is 0 Å². The monoisotopic (exact) mass is 543 g/mol. The van der Waals surface area contributed by atoms with E-state index in [1.807, 2.05) is 0 Å². The number of hydrogen-bond donors (Lipinski definition) is 6.